The number of hydrogen-bond donors (Lipinski definition) is 0. The molecule has 0 saturated carbocycles. The first-order chi connectivity index (χ1) is 14.0. The van der Waals surface area contributed by atoms with Crippen molar-refractivity contribution in [2.24, 2.45) is 0 Å². The predicted octanol–water partition coefficient (Wildman–Crippen LogP) is 3.99. The zero-order valence-corrected chi connectivity index (χ0v) is 17.3. The summed E-state index contributed by atoms with van der Waals surface area (Å²) < 4.78 is 1.92. The quantitative estimate of drug-likeness (QED) is 0.457. The van der Waals surface area contributed by atoms with Gasteiger partial charge in [0.2, 0.25) is 5.91 Å². The van der Waals surface area contributed by atoms with Crippen LogP contribution in [-0.2, 0) is 4.79 Å². The van der Waals surface area contributed by atoms with Crippen LogP contribution in [0.15, 0.2) is 53.9 Å². The van der Waals surface area contributed by atoms with Crippen LogP contribution in [0.2, 0.25) is 0 Å². The third-order valence-electron chi connectivity index (χ3n) is 5.03. The number of Topliss-reactive ketones (excluding diaryl/α,β-unsaturated/α-hetero) is 1. The number of amides is 1. The number of thioether (sulfide) groups is 1. The molecule has 1 amide bonds. The third kappa shape index (κ3) is 4.10. The highest BCUT2D eigenvalue weighted by Crippen LogP contribution is 2.25. The van der Waals surface area contributed by atoms with Crippen molar-refractivity contribution in [1.82, 2.24) is 14.8 Å². The Morgan fingerprint density at radius 3 is 2.83 bits per heavy atom. The Morgan fingerprint density at radius 2 is 2.03 bits per heavy atom. The summed E-state index contributed by atoms with van der Waals surface area (Å²) in [5, 5.41) is 8.90. The fraction of sp³-hybridized carbons (Fsp3) is 0.273. The molecule has 0 aliphatic carbocycles. The van der Waals surface area contributed by atoms with E-state index in [-0.39, 0.29) is 17.4 Å². The van der Waals surface area contributed by atoms with Crippen LogP contribution < -0.4 is 4.90 Å². The minimum absolute atomic E-state index is 0.000917. The summed E-state index contributed by atoms with van der Waals surface area (Å²) in [6, 6.07) is 13.5. The molecule has 0 spiro atoms. The standard InChI is InChI=1S/C22H22N4O2S/c1-15-8-9-16(2)19(11-15)26-14-23-24-22(26)29-13-20(27)17-5-3-6-18(12-17)25-10-4-7-21(25)28/h3,5-6,8-9,11-12,14H,4,7,10,13H2,1-2H3. The molecule has 1 aliphatic heterocycles. The van der Waals surface area contributed by atoms with Gasteiger partial charge < -0.3 is 4.90 Å². The molecule has 4 rings (SSSR count). The average molecular weight is 407 g/mol. The van der Waals surface area contributed by atoms with Crippen molar-refractivity contribution in [3.8, 4) is 5.69 Å². The Labute approximate surface area is 173 Å². The number of anilines is 1. The first-order valence-electron chi connectivity index (χ1n) is 9.57. The predicted molar refractivity (Wildman–Crippen MR) is 114 cm³/mol. The molecule has 0 bridgehead atoms. The molecular weight excluding hydrogens is 384 g/mol. The summed E-state index contributed by atoms with van der Waals surface area (Å²) >= 11 is 1.36. The largest absolute Gasteiger partial charge is 0.312 e. The van der Waals surface area contributed by atoms with Crippen molar-refractivity contribution in [3.63, 3.8) is 0 Å². The Hall–Kier alpha value is -2.93. The Balaban J connectivity index is 1.49. The number of nitrogens with zero attached hydrogens (tertiary/aromatic N) is 4. The maximum absolute atomic E-state index is 12.8. The minimum atomic E-state index is -0.000917. The zero-order valence-electron chi connectivity index (χ0n) is 16.5. The van der Waals surface area contributed by atoms with Crippen LogP contribution >= 0.6 is 11.8 Å². The van der Waals surface area contributed by atoms with Crippen LogP contribution in [0, 0.1) is 13.8 Å². The summed E-state index contributed by atoms with van der Waals surface area (Å²) in [6.45, 7) is 4.80. The van der Waals surface area contributed by atoms with Crippen molar-refractivity contribution in [2.75, 3.05) is 17.2 Å². The SMILES string of the molecule is Cc1ccc(C)c(-n2cnnc2SCC(=O)c2cccc(N3CCCC3=O)c2)c1. The van der Waals surface area contributed by atoms with E-state index in [1.165, 1.54) is 11.8 Å². The molecule has 3 aromatic rings. The lowest BCUT2D eigenvalue weighted by molar-refractivity contribution is -0.117. The van der Waals surface area contributed by atoms with Crippen LogP contribution in [0.4, 0.5) is 5.69 Å². The Bertz CT molecular complexity index is 1080. The molecule has 1 aliphatic rings. The van der Waals surface area contributed by atoms with E-state index in [1.807, 2.05) is 36.6 Å². The number of aryl methyl sites for hydroxylation is 2. The molecule has 29 heavy (non-hydrogen) atoms. The van der Waals surface area contributed by atoms with Crippen molar-refractivity contribution in [3.05, 3.63) is 65.5 Å². The Kier molecular flexibility index (Phi) is 5.49. The minimum Gasteiger partial charge on any atom is -0.312 e. The van der Waals surface area contributed by atoms with Gasteiger partial charge in [-0.05, 0) is 49.6 Å². The van der Waals surface area contributed by atoms with Gasteiger partial charge in [-0.3, -0.25) is 14.2 Å². The molecule has 0 unspecified atom stereocenters. The maximum Gasteiger partial charge on any atom is 0.227 e. The molecule has 0 atom stereocenters. The number of rotatable bonds is 6. The maximum atomic E-state index is 12.8. The summed E-state index contributed by atoms with van der Waals surface area (Å²) in [5.41, 5.74) is 4.68. The first-order valence-corrected chi connectivity index (χ1v) is 10.6. The highest BCUT2D eigenvalue weighted by atomic mass is 32.2. The van der Waals surface area contributed by atoms with Gasteiger partial charge in [0.15, 0.2) is 10.9 Å². The number of carbonyl (C=O) groups is 2. The molecule has 0 N–H and O–H groups in total. The molecule has 1 saturated heterocycles. The molecular formula is C22H22N4O2S. The number of aromatic nitrogens is 3. The fourth-order valence-corrected chi connectivity index (χ4v) is 4.27. The van der Waals surface area contributed by atoms with Crippen LogP contribution in [0.25, 0.3) is 5.69 Å². The van der Waals surface area contributed by atoms with Gasteiger partial charge in [0, 0.05) is 24.2 Å². The molecule has 2 aromatic carbocycles. The monoisotopic (exact) mass is 406 g/mol. The van der Waals surface area contributed by atoms with Crippen LogP contribution in [0.5, 0.6) is 0 Å². The molecule has 2 heterocycles. The molecule has 7 heteroatoms. The fourth-order valence-electron chi connectivity index (χ4n) is 3.45. The summed E-state index contributed by atoms with van der Waals surface area (Å²) in [5.74, 6) is 0.366. The van der Waals surface area contributed by atoms with E-state index in [0.717, 1.165) is 28.9 Å². The van der Waals surface area contributed by atoms with Crippen LogP contribution in [0.1, 0.15) is 34.3 Å². The van der Waals surface area contributed by atoms with E-state index in [4.69, 9.17) is 0 Å². The van der Waals surface area contributed by atoms with Crippen molar-refractivity contribution in [1.29, 1.82) is 0 Å². The van der Waals surface area contributed by atoms with Crippen molar-refractivity contribution >= 4 is 29.1 Å². The van der Waals surface area contributed by atoms with Gasteiger partial charge in [-0.2, -0.15) is 0 Å². The third-order valence-corrected chi connectivity index (χ3v) is 5.97. The lowest BCUT2D eigenvalue weighted by Crippen LogP contribution is -2.23. The summed E-state index contributed by atoms with van der Waals surface area (Å²) in [7, 11) is 0. The van der Waals surface area contributed by atoms with Gasteiger partial charge in [0.25, 0.3) is 0 Å². The lowest BCUT2D eigenvalue weighted by atomic mass is 10.1. The average Bonchev–Trinajstić information content (AvgIpc) is 3.37. The summed E-state index contributed by atoms with van der Waals surface area (Å²) in [4.78, 5) is 26.5. The number of ketones is 1. The van der Waals surface area contributed by atoms with Crippen LogP contribution in [-0.4, -0.2) is 38.8 Å². The molecule has 1 aromatic heterocycles. The second-order valence-electron chi connectivity index (χ2n) is 7.18. The normalized spacial score (nSPS) is 13.9. The van der Waals surface area contributed by atoms with Gasteiger partial charge in [0.1, 0.15) is 6.33 Å². The Morgan fingerprint density at radius 1 is 1.17 bits per heavy atom. The van der Waals surface area contributed by atoms with Crippen molar-refractivity contribution in [2.45, 2.75) is 31.8 Å². The molecule has 1 fully saturated rings. The second kappa shape index (κ2) is 8.21. The second-order valence-corrected chi connectivity index (χ2v) is 8.13. The van der Waals surface area contributed by atoms with Gasteiger partial charge in [-0.1, -0.05) is 36.0 Å². The van der Waals surface area contributed by atoms with Gasteiger partial charge in [0.05, 0.1) is 11.4 Å². The highest BCUT2D eigenvalue weighted by Gasteiger charge is 2.22. The topological polar surface area (TPSA) is 68.1 Å². The molecule has 6 nitrogen and oxygen atoms in total. The van der Waals surface area contributed by atoms with E-state index < -0.39 is 0 Å². The molecule has 148 valence electrons. The molecule has 0 radical (unpaired) electrons. The van der Waals surface area contributed by atoms with E-state index >= 15 is 0 Å². The van der Waals surface area contributed by atoms with E-state index in [0.29, 0.717) is 23.7 Å². The van der Waals surface area contributed by atoms with E-state index in [2.05, 4.69) is 28.4 Å². The van der Waals surface area contributed by atoms with E-state index in [9.17, 15) is 9.59 Å². The van der Waals surface area contributed by atoms with E-state index in [1.54, 1.807) is 17.3 Å². The van der Waals surface area contributed by atoms with Crippen molar-refractivity contribution < 1.29 is 9.59 Å². The number of carbonyl (C=O) groups excluding carboxylic acids is 2. The van der Waals surface area contributed by atoms with Gasteiger partial charge >= 0.3 is 0 Å². The van der Waals surface area contributed by atoms with Gasteiger partial charge in [-0.25, -0.2) is 0 Å². The highest BCUT2D eigenvalue weighted by molar-refractivity contribution is 7.99. The van der Waals surface area contributed by atoms with Crippen LogP contribution in [0.3, 0.4) is 0 Å². The lowest BCUT2D eigenvalue weighted by Gasteiger charge is -2.16. The number of hydrogen-bond acceptors (Lipinski definition) is 5. The number of benzene rings is 2. The smallest absolute Gasteiger partial charge is 0.227 e. The summed E-state index contributed by atoms with van der Waals surface area (Å²) in [6.07, 6.45) is 3.11. The first kappa shape index (κ1) is 19.4. The zero-order chi connectivity index (χ0) is 20.4. The van der Waals surface area contributed by atoms with Gasteiger partial charge in [-0.15, -0.1) is 10.2 Å².